The molecule has 0 aliphatic carbocycles. The van der Waals surface area contributed by atoms with Gasteiger partial charge in [-0.05, 0) is 38.5 Å². The van der Waals surface area contributed by atoms with Gasteiger partial charge in [-0.3, -0.25) is 4.79 Å². The maximum atomic E-state index is 12.3. The average Bonchev–Trinajstić information content (AvgIpc) is 3.22. The Hall–Kier alpha value is -0.870. The minimum atomic E-state index is -0.530. The molecule has 4 nitrogen and oxygen atoms in total. The number of carbonyl (C=O) groups excluding carboxylic acids is 1. The van der Waals surface area contributed by atoms with E-state index in [2.05, 4.69) is 26.0 Å². The summed E-state index contributed by atoms with van der Waals surface area (Å²) in [5.74, 6) is -0.195. The average molecular weight is 805 g/mol. The Labute approximate surface area is 358 Å². The maximum absolute atomic E-state index is 12.3. The number of ether oxygens (including phenoxy) is 2. The normalized spacial score (nSPS) is 12.3. The molecule has 0 saturated heterocycles. The second-order valence-electron chi connectivity index (χ2n) is 18.0. The summed E-state index contributed by atoms with van der Waals surface area (Å²) in [6, 6.07) is 0. The van der Waals surface area contributed by atoms with E-state index >= 15 is 0 Å². The van der Waals surface area contributed by atoms with E-state index in [4.69, 9.17) is 9.47 Å². The molecular weight excluding hydrogens is 701 g/mol. The third-order valence-electron chi connectivity index (χ3n) is 12.1. The van der Waals surface area contributed by atoms with E-state index in [-0.39, 0.29) is 12.6 Å². The zero-order chi connectivity index (χ0) is 41.2. The molecule has 0 aliphatic heterocycles. The number of allylic oxidation sites excluding steroid dienone is 2. The van der Waals surface area contributed by atoms with E-state index in [9.17, 15) is 9.90 Å². The molecule has 340 valence electrons. The topological polar surface area (TPSA) is 55.8 Å². The van der Waals surface area contributed by atoms with Crippen LogP contribution in [0.25, 0.3) is 0 Å². The van der Waals surface area contributed by atoms with Crippen LogP contribution in [0.15, 0.2) is 12.2 Å². The van der Waals surface area contributed by atoms with Crippen LogP contribution in [0.1, 0.15) is 296 Å². The Morgan fingerprint density at radius 1 is 0.404 bits per heavy atom. The lowest BCUT2D eigenvalue weighted by Gasteiger charge is -2.16. The highest BCUT2D eigenvalue weighted by molar-refractivity contribution is 5.69. The zero-order valence-corrected chi connectivity index (χ0v) is 39.1. The first-order valence-corrected chi connectivity index (χ1v) is 26.3. The molecule has 0 spiro atoms. The molecule has 1 N–H and O–H groups in total. The van der Waals surface area contributed by atoms with Gasteiger partial charge in [0.2, 0.25) is 0 Å². The first kappa shape index (κ1) is 56.1. The number of carbonyl (C=O) groups is 1. The van der Waals surface area contributed by atoms with E-state index in [0.717, 1.165) is 19.3 Å². The summed E-state index contributed by atoms with van der Waals surface area (Å²) in [6.07, 6.45) is 63.1. The SMILES string of the molecule is CCCCCCCCCC/C=C\CCCCCCCCCCCC(=O)OC(CO)COCCCCCCCCCCCCCCCCCCCCCCCCCC. The molecule has 1 unspecified atom stereocenters. The van der Waals surface area contributed by atoms with E-state index in [1.54, 1.807) is 0 Å². The largest absolute Gasteiger partial charge is 0.457 e. The summed E-state index contributed by atoms with van der Waals surface area (Å²) in [5, 5.41) is 9.65. The molecule has 0 aliphatic rings. The minimum Gasteiger partial charge on any atom is -0.457 e. The van der Waals surface area contributed by atoms with E-state index in [0.29, 0.717) is 19.6 Å². The van der Waals surface area contributed by atoms with Crippen LogP contribution in [0.4, 0.5) is 0 Å². The number of hydrogen-bond acceptors (Lipinski definition) is 4. The molecule has 0 rings (SSSR count). The number of esters is 1. The fraction of sp³-hybridized carbons (Fsp3) is 0.943. The molecule has 0 aromatic heterocycles. The molecule has 0 saturated carbocycles. The molecule has 0 fully saturated rings. The van der Waals surface area contributed by atoms with Gasteiger partial charge in [0, 0.05) is 13.0 Å². The smallest absolute Gasteiger partial charge is 0.306 e. The molecule has 0 amide bonds. The van der Waals surface area contributed by atoms with Gasteiger partial charge in [0.15, 0.2) is 0 Å². The monoisotopic (exact) mass is 805 g/mol. The fourth-order valence-corrected chi connectivity index (χ4v) is 8.15. The van der Waals surface area contributed by atoms with E-state index in [1.165, 1.54) is 257 Å². The minimum absolute atomic E-state index is 0.166. The summed E-state index contributed by atoms with van der Waals surface area (Å²) in [4.78, 5) is 12.3. The lowest BCUT2D eigenvalue weighted by Crippen LogP contribution is -2.27. The van der Waals surface area contributed by atoms with Crippen molar-refractivity contribution in [3.63, 3.8) is 0 Å². The summed E-state index contributed by atoms with van der Waals surface area (Å²) in [7, 11) is 0. The Kier molecular flexibility index (Phi) is 50.5. The standard InChI is InChI=1S/C53H104O4/c1-3-5-7-9-11-13-15-17-19-21-23-25-26-27-29-31-33-35-37-39-41-43-45-47-49-56-51-52(50-54)57-53(55)48-46-44-42-40-38-36-34-32-30-28-24-22-20-18-16-14-12-10-8-6-4-2/h22,24,52,54H,3-21,23,25-51H2,1-2H3/b24-22-. The van der Waals surface area contributed by atoms with Crippen LogP contribution in [0.5, 0.6) is 0 Å². The van der Waals surface area contributed by atoms with Crippen molar-refractivity contribution in [2.24, 2.45) is 0 Å². The van der Waals surface area contributed by atoms with Gasteiger partial charge in [-0.25, -0.2) is 0 Å². The number of aliphatic hydroxyl groups is 1. The summed E-state index contributed by atoms with van der Waals surface area (Å²) < 4.78 is 11.2. The Bertz CT molecular complexity index is 766. The van der Waals surface area contributed by atoms with Crippen LogP contribution in [0.2, 0.25) is 0 Å². The summed E-state index contributed by atoms with van der Waals surface area (Å²) in [6.45, 7) is 5.41. The van der Waals surface area contributed by atoms with Crippen LogP contribution in [0, 0.1) is 0 Å². The number of aliphatic hydroxyl groups excluding tert-OH is 1. The molecule has 4 heteroatoms. The van der Waals surface area contributed by atoms with Crippen molar-refractivity contribution in [3.05, 3.63) is 12.2 Å². The van der Waals surface area contributed by atoms with Gasteiger partial charge < -0.3 is 14.6 Å². The highest BCUT2D eigenvalue weighted by atomic mass is 16.6. The van der Waals surface area contributed by atoms with Gasteiger partial charge in [0.05, 0.1) is 13.2 Å². The molecular formula is C53H104O4. The maximum Gasteiger partial charge on any atom is 0.306 e. The van der Waals surface area contributed by atoms with Gasteiger partial charge in [0.1, 0.15) is 6.10 Å². The predicted octanol–water partition coefficient (Wildman–Crippen LogP) is 17.7. The first-order valence-electron chi connectivity index (χ1n) is 26.3. The lowest BCUT2D eigenvalue weighted by atomic mass is 10.0. The molecule has 0 bridgehead atoms. The summed E-state index contributed by atoms with van der Waals surface area (Å²) in [5.41, 5.74) is 0. The van der Waals surface area contributed by atoms with Crippen molar-refractivity contribution in [1.29, 1.82) is 0 Å². The van der Waals surface area contributed by atoms with Crippen molar-refractivity contribution >= 4 is 5.97 Å². The van der Waals surface area contributed by atoms with Crippen LogP contribution < -0.4 is 0 Å². The van der Waals surface area contributed by atoms with Crippen LogP contribution in [-0.2, 0) is 14.3 Å². The number of unbranched alkanes of at least 4 members (excludes halogenated alkanes) is 40. The molecule has 0 aromatic rings. The number of rotatable bonds is 50. The van der Waals surface area contributed by atoms with Crippen LogP contribution >= 0.6 is 0 Å². The van der Waals surface area contributed by atoms with Crippen molar-refractivity contribution in [1.82, 2.24) is 0 Å². The van der Waals surface area contributed by atoms with Crippen molar-refractivity contribution in [2.45, 2.75) is 302 Å². The second kappa shape index (κ2) is 51.3. The van der Waals surface area contributed by atoms with Gasteiger partial charge in [-0.2, -0.15) is 0 Å². The van der Waals surface area contributed by atoms with Gasteiger partial charge in [-0.15, -0.1) is 0 Å². The molecule has 0 aromatic carbocycles. The van der Waals surface area contributed by atoms with Crippen molar-refractivity contribution in [3.8, 4) is 0 Å². The van der Waals surface area contributed by atoms with Crippen molar-refractivity contribution in [2.75, 3.05) is 19.8 Å². The molecule has 57 heavy (non-hydrogen) atoms. The Balaban J connectivity index is 3.34. The highest BCUT2D eigenvalue weighted by Crippen LogP contribution is 2.17. The molecule has 0 heterocycles. The van der Waals surface area contributed by atoms with E-state index < -0.39 is 6.10 Å². The van der Waals surface area contributed by atoms with Gasteiger partial charge in [0.25, 0.3) is 0 Å². The van der Waals surface area contributed by atoms with E-state index in [1.807, 2.05) is 0 Å². The zero-order valence-electron chi connectivity index (χ0n) is 39.1. The third kappa shape index (κ3) is 49.4. The quantitative estimate of drug-likeness (QED) is 0.0378. The van der Waals surface area contributed by atoms with Crippen LogP contribution in [-0.4, -0.2) is 37.0 Å². The first-order chi connectivity index (χ1) is 28.2. The summed E-state index contributed by atoms with van der Waals surface area (Å²) >= 11 is 0. The molecule has 1 atom stereocenters. The van der Waals surface area contributed by atoms with Gasteiger partial charge in [-0.1, -0.05) is 264 Å². The lowest BCUT2D eigenvalue weighted by molar-refractivity contribution is -0.154. The van der Waals surface area contributed by atoms with Gasteiger partial charge >= 0.3 is 5.97 Å². The highest BCUT2D eigenvalue weighted by Gasteiger charge is 2.13. The Morgan fingerprint density at radius 3 is 1.00 bits per heavy atom. The molecule has 0 radical (unpaired) electrons. The Morgan fingerprint density at radius 2 is 0.684 bits per heavy atom. The fourth-order valence-electron chi connectivity index (χ4n) is 8.15. The predicted molar refractivity (Wildman–Crippen MR) is 251 cm³/mol. The van der Waals surface area contributed by atoms with Crippen LogP contribution in [0.3, 0.4) is 0 Å². The third-order valence-corrected chi connectivity index (χ3v) is 12.1. The van der Waals surface area contributed by atoms with Crippen molar-refractivity contribution < 1.29 is 19.4 Å². The number of hydrogen-bond donors (Lipinski definition) is 1. The second-order valence-corrected chi connectivity index (χ2v) is 18.0.